The fraction of sp³-hybridized carbons (Fsp3) is 0.600. The number of hydrogen-bond acceptors (Lipinski definition) is 7. The molecule has 1 spiro atoms. The third-order valence-corrected chi connectivity index (χ3v) is 9.60. The minimum Gasteiger partial charge on any atom is -0.492 e. The molecule has 0 saturated carbocycles. The number of nitrogens with one attached hydrogen (secondary N) is 1. The fourth-order valence-corrected chi connectivity index (χ4v) is 7.41. The van der Waals surface area contributed by atoms with E-state index in [1.54, 1.807) is 23.0 Å². The van der Waals surface area contributed by atoms with Crippen LogP contribution in [0.15, 0.2) is 35.5 Å². The van der Waals surface area contributed by atoms with E-state index in [0.717, 1.165) is 54.3 Å². The van der Waals surface area contributed by atoms with Crippen LogP contribution >= 0.6 is 0 Å². The minimum atomic E-state index is -4.09. The van der Waals surface area contributed by atoms with Crippen LogP contribution < -0.4 is 10.1 Å². The Balaban J connectivity index is 1.53. The first kappa shape index (κ1) is 25.2. The summed E-state index contributed by atoms with van der Waals surface area (Å²) >= 11 is 0. The van der Waals surface area contributed by atoms with Gasteiger partial charge in [-0.3, -0.25) is 9.48 Å². The molecule has 1 aromatic heterocycles. The molecule has 2 fully saturated rings. The molecule has 1 aromatic carbocycles. The van der Waals surface area contributed by atoms with Crippen molar-refractivity contribution >= 4 is 15.9 Å². The van der Waals surface area contributed by atoms with Crippen molar-refractivity contribution in [2.24, 2.45) is 7.05 Å². The van der Waals surface area contributed by atoms with Crippen LogP contribution in [0.1, 0.15) is 39.0 Å². The third kappa shape index (κ3) is 4.77. The average molecular weight is 518 g/mol. The zero-order valence-corrected chi connectivity index (χ0v) is 21.7. The normalized spacial score (nSPS) is 26.5. The van der Waals surface area contributed by atoms with Crippen molar-refractivity contribution in [1.29, 1.82) is 0 Å². The highest BCUT2D eigenvalue weighted by molar-refractivity contribution is 7.89. The highest BCUT2D eigenvalue weighted by Gasteiger charge is 2.47. The van der Waals surface area contributed by atoms with Crippen molar-refractivity contribution in [2.75, 3.05) is 32.8 Å². The molecule has 1 amide bonds. The van der Waals surface area contributed by atoms with E-state index in [-0.39, 0.29) is 36.1 Å². The number of hydrogen-bond donors (Lipinski definition) is 2. The summed E-state index contributed by atoms with van der Waals surface area (Å²) in [5, 5.41) is 17.8. The lowest BCUT2D eigenvalue weighted by Gasteiger charge is -2.43. The third-order valence-electron chi connectivity index (χ3n) is 7.68. The van der Waals surface area contributed by atoms with Crippen LogP contribution in [-0.4, -0.2) is 88.9 Å². The molecule has 2 aromatic rings. The van der Waals surface area contributed by atoms with Crippen LogP contribution in [0.3, 0.4) is 0 Å². The average Bonchev–Trinajstić information content (AvgIpc) is 3.46. The van der Waals surface area contributed by atoms with Gasteiger partial charge in [0.25, 0.3) is 0 Å². The molecule has 2 saturated heterocycles. The molecule has 2 atom stereocenters. The predicted octanol–water partition coefficient (Wildman–Crippen LogP) is 1.35. The van der Waals surface area contributed by atoms with Gasteiger partial charge in [-0.2, -0.15) is 9.40 Å². The van der Waals surface area contributed by atoms with Gasteiger partial charge in [-0.1, -0.05) is 13.0 Å². The first-order chi connectivity index (χ1) is 17.2. The molecule has 2 N–H and O–H groups in total. The molecule has 11 heteroatoms. The van der Waals surface area contributed by atoms with Crippen LogP contribution in [0.5, 0.6) is 5.75 Å². The van der Waals surface area contributed by atoms with E-state index in [9.17, 15) is 18.3 Å². The minimum absolute atomic E-state index is 0.00996. The van der Waals surface area contributed by atoms with Gasteiger partial charge in [0.1, 0.15) is 16.7 Å². The number of benzene rings is 1. The van der Waals surface area contributed by atoms with E-state index in [4.69, 9.17) is 4.74 Å². The summed E-state index contributed by atoms with van der Waals surface area (Å²) in [6.07, 6.45) is 5.94. The lowest BCUT2D eigenvalue weighted by molar-refractivity contribution is -0.127. The summed E-state index contributed by atoms with van der Waals surface area (Å²) in [5.41, 5.74) is 1.17. The summed E-state index contributed by atoms with van der Waals surface area (Å²) in [6, 6.07) is 4.03. The van der Waals surface area contributed by atoms with Crippen LogP contribution in [0, 0.1) is 0 Å². The van der Waals surface area contributed by atoms with Gasteiger partial charge < -0.3 is 20.1 Å². The van der Waals surface area contributed by atoms with Gasteiger partial charge in [0.05, 0.1) is 18.9 Å². The molecule has 4 heterocycles. The number of aromatic nitrogens is 2. The number of ether oxygens (including phenoxy) is 1. The number of rotatable bonds is 3. The van der Waals surface area contributed by atoms with Crippen molar-refractivity contribution in [1.82, 2.24) is 24.3 Å². The number of carbonyl (C=O) groups excluding carboxylic acids is 1. The summed E-state index contributed by atoms with van der Waals surface area (Å²) < 4.78 is 36.6. The standard InChI is InChI=1S/C25H35N5O5S/c1-3-9-29-10-6-25(7-11-29)8-12-35-22-13-18(19-15-26-28(2)16-19)4-5-23(22)36(33,34)30-17-20(31)14-21(30)24(32)27-25/h4-5,13,15-16,20-21,31H,3,6-12,14,17H2,1-2H3,(H,27,32)/t20-,21+/m1/s1. The first-order valence-electron chi connectivity index (χ1n) is 12.7. The number of sulfonamides is 1. The number of aliphatic hydroxyl groups excluding tert-OH is 1. The van der Waals surface area contributed by atoms with Gasteiger partial charge >= 0.3 is 0 Å². The zero-order chi connectivity index (χ0) is 25.5. The van der Waals surface area contributed by atoms with Crippen LogP contribution in [0.25, 0.3) is 11.1 Å². The maximum atomic E-state index is 13.8. The molecule has 10 nitrogen and oxygen atoms in total. The van der Waals surface area contributed by atoms with Crippen molar-refractivity contribution in [3.8, 4) is 16.9 Å². The van der Waals surface area contributed by atoms with Crippen LogP contribution in [0.2, 0.25) is 0 Å². The van der Waals surface area contributed by atoms with E-state index in [2.05, 4.69) is 22.2 Å². The molecule has 3 aliphatic heterocycles. The number of fused-ring (bicyclic) bond motifs is 2. The van der Waals surface area contributed by atoms with E-state index in [1.807, 2.05) is 13.2 Å². The second kappa shape index (κ2) is 9.77. The SMILES string of the molecule is CCCN1CCC2(CCOc3cc(-c4cnn(C)c4)ccc3S(=O)(=O)N3C[C@H](O)C[C@H]3C(=O)N2)CC1. The molecule has 0 radical (unpaired) electrons. The summed E-state index contributed by atoms with van der Waals surface area (Å²) in [7, 11) is -2.27. The Morgan fingerprint density at radius 3 is 2.69 bits per heavy atom. The molecule has 196 valence electrons. The maximum Gasteiger partial charge on any atom is 0.247 e. The van der Waals surface area contributed by atoms with E-state index in [0.29, 0.717) is 6.42 Å². The van der Waals surface area contributed by atoms with E-state index >= 15 is 0 Å². The predicted molar refractivity (Wildman–Crippen MR) is 134 cm³/mol. The van der Waals surface area contributed by atoms with Crippen LogP contribution in [0.4, 0.5) is 0 Å². The second-order valence-electron chi connectivity index (χ2n) is 10.3. The molecule has 3 aliphatic rings. The van der Waals surface area contributed by atoms with Gasteiger partial charge in [0.2, 0.25) is 15.9 Å². The molecule has 5 rings (SSSR count). The maximum absolute atomic E-state index is 13.8. The van der Waals surface area contributed by atoms with Gasteiger partial charge in [0.15, 0.2) is 0 Å². The molecule has 0 aliphatic carbocycles. The Labute approximate surface area is 212 Å². The number of carbonyl (C=O) groups is 1. The number of nitrogens with zero attached hydrogens (tertiary/aromatic N) is 4. The van der Waals surface area contributed by atoms with Crippen molar-refractivity contribution in [2.45, 2.75) is 61.6 Å². The van der Waals surface area contributed by atoms with Crippen molar-refractivity contribution in [3.05, 3.63) is 30.6 Å². The van der Waals surface area contributed by atoms with Crippen molar-refractivity contribution < 1.29 is 23.1 Å². The zero-order valence-electron chi connectivity index (χ0n) is 20.9. The van der Waals surface area contributed by atoms with Gasteiger partial charge in [0, 0.05) is 56.8 Å². The van der Waals surface area contributed by atoms with Crippen LogP contribution in [-0.2, 0) is 21.9 Å². The Hall–Kier alpha value is -2.47. The number of aliphatic hydroxyl groups is 1. The Morgan fingerprint density at radius 2 is 2.00 bits per heavy atom. The lowest BCUT2D eigenvalue weighted by Crippen LogP contribution is -2.59. The lowest BCUT2D eigenvalue weighted by atomic mass is 9.84. The Morgan fingerprint density at radius 1 is 1.22 bits per heavy atom. The molecule has 0 unspecified atom stereocenters. The highest BCUT2D eigenvalue weighted by Crippen LogP contribution is 2.37. The number of amides is 1. The van der Waals surface area contributed by atoms with E-state index in [1.165, 1.54) is 6.07 Å². The van der Waals surface area contributed by atoms with Gasteiger partial charge in [-0.15, -0.1) is 0 Å². The Bertz CT molecular complexity index is 1220. The first-order valence-corrected chi connectivity index (χ1v) is 14.1. The van der Waals surface area contributed by atoms with Gasteiger partial charge in [-0.05, 0) is 43.5 Å². The number of likely N-dealkylation sites (tertiary alicyclic amines) is 1. The van der Waals surface area contributed by atoms with Gasteiger partial charge in [-0.25, -0.2) is 8.42 Å². The number of piperidine rings is 1. The molecular formula is C25H35N5O5S. The monoisotopic (exact) mass is 517 g/mol. The fourth-order valence-electron chi connectivity index (χ4n) is 5.66. The summed E-state index contributed by atoms with van der Waals surface area (Å²) in [6.45, 7) is 5.06. The highest BCUT2D eigenvalue weighted by atomic mass is 32.2. The smallest absolute Gasteiger partial charge is 0.247 e. The topological polar surface area (TPSA) is 117 Å². The largest absolute Gasteiger partial charge is 0.492 e. The summed E-state index contributed by atoms with van der Waals surface area (Å²) in [4.78, 5) is 15.9. The quantitative estimate of drug-likeness (QED) is 0.631. The van der Waals surface area contributed by atoms with E-state index < -0.39 is 27.7 Å². The molecule has 0 bridgehead atoms. The summed E-state index contributed by atoms with van der Waals surface area (Å²) in [5.74, 6) is -0.0843. The second-order valence-corrected chi connectivity index (χ2v) is 12.1. The molecular weight excluding hydrogens is 482 g/mol. The Kier molecular flexibility index (Phi) is 6.84. The van der Waals surface area contributed by atoms with Crippen molar-refractivity contribution in [3.63, 3.8) is 0 Å². The molecule has 36 heavy (non-hydrogen) atoms. The number of aryl methyl sites for hydroxylation is 1.